The second-order valence-electron chi connectivity index (χ2n) is 5.24. The van der Waals surface area contributed by atoms with E-state index in [-0.39, 0.29) is 13.2 Å². The molecule has 1 unspecified atom stereocenters. The maximum Gasteiger partial charge on any atom is 0.352 e. The first-order valence-corrected chi connectivity index (χ1v) is 11.1. The van der Waals surface area contributed by atoms with Crippen molar-refractivity contribution in [3.63, 3.8) is 0 Å². The third kappa shape index (κ3) is 4.78. The van der Waals surface area contributed by atoms with Crippen LogP contribution >= 0.6 is 7.60 Å². The van der Waals surface area contributed by atoms with Crippen LogP contribution in [0.3, 0.4) is 0 Å². The standard InChI is InChI=1S/C17H21FNO5PS/c1-3-23-25(20,24-4-2)17(14-10-6-5-7-11-14)19-26(21,22)16-13-9-8-12-15(16)18/h5-13,17,19H,3-4H2,1-2H3. The summed E-state index contributed by atoms with van der Waals surface area (Å²) < 4.78 is 65.6. The van der Waals surface area contributed by atoms with Crippen molar-refractivity contribution >= 4 is 17.6 Å². The van der Waals surface area contributed by atoms with Crippen LogP contribution < -0.4 is 4.72 Å². The van der Waals surface area contributed by atoms with Gasteiger partial charge in [-0.15, -0.1) is 0 Å². The van der Waals surface area contributed by atoms with Crippen molar-refractivity contribution in [2.45, 2.75) is 24.5 Å². The van der Waals surface area contributed by atoms with E-state index in [0.29, 0.717) is 5.56 Å². The van der Waals surface area contributed by atoms with E-state index < -0.39 is 34.1 Å². The van der Waals surface area contributed by atoms with Gasteiger partial charge in [0.25, 0.3) is 0 Å². The average Bonchev–Trinajstić information content (AvgIpc) is 2.61. The molecule has 0 saturated heterocycles. The molecule has 2 rings (SSSR count). The van der Waals surface area contributed by atoms with E-state index in [1.54, 1.807) is 44.2 Å². The van der Waals surface area contributed by atoms with Gasteiger partial charge >= 0.3 is 7.60 Å². The molecule has 0 saturated carbocycles. The third-order valence-electron chi connectivity index (χ3n) is 3.44. The fourth-order valence-electron chi connectivity index (χ4n) is 2.37. The summed E-state index contributed by atoms with van der Waals surface area (Å²) in [5, 5.41) is 0. The average molecular weight is 401 g/mol. The molecular weight excluding hydrogens is 380 g/mol. The molecule has 1 atom stereocenters. The Hall–Kier alpha value is -1.57. The van der Waals surface area contributed by atoms with Crippen LogP contribution in [0, 0.1) is 5.82 Å². The van der Waals surface area contributed by atoms with Gasteiger partial charge in [-0.25, -0.2) is 12.8 Å². The van der Waals surface area contributed by atoms with E-state index >= 15 is 0 Å². The quantitative estimate of drug-likeness (QED) is 0.641. The maximum absolute atomic E-state index is 14.0. The van der Waals surface area contributed by atoms with Gasteiger partial charge in [-0.3, -0.25) is 4.57 Å². The number of sulfonamides is 1. The minimum Gasteiger partial charge on any atom is -0.308 e. The number of hydrogen-bond acceptors (Lipinski definition) is 5. The predicted octanol–water partition coefficient (Wildman–Crippen LogP) is 4.07. The van der Waals surface area contributed by atoms with Gasteiger partial charge < -0.3 is 9.05 Å². The minimum absolute atomic E-state index is 0.0576. The van der Waals surface area contributed by atoms with Crippen LogP contribution in [0.1, 0.15) is 25.2 Å². The van der Waals surface area contributed by atoms with E-state index in [1.165, 1.54) is 12.1 Å². The lowest BCUT2D eigenvalue weighted by atomic mass is 10.2. The fourth-order valence-corrected chi connectivity index (χ4v) is 6.07. The zero-order valence-electron chi connectivity index (χ0n) is 14.5. The van der Waals surface area contributed by atoms with Crippen LogP contribution in [-0.4, -0.2) is 21.6 Å². The molecule has 0 radical (unpaired) electrons. The summed E-state index contributed by atoms with van der Waals surface area (Å²) in [7, 11) is -8.21. The van der Waals surface area contributed by atoms with Gasteiger partial charge in [-0.1, -0.05) is 42.5 Å². The van der Waals surface area contributed by atoms with Gasteiger partial charge in [-0.05, 0) is 31.5 Å². The summed E-state index contributed by atoms with van der Waals surface area (Å²) in [6.45, 7) is 3.36. The topological polar surface area (TPSA) is 81.7 Å². The first-order chi connectivity index (χ1) is 12.3. The molecule has 9 heteroatoms. The summed E-state index contributed by atoms with van der Waals surface area (Å²) in [5.41, 5.74) is 0.387. The van der Waals surface area contributed by atoms with Gasteiger partial charge in [0.05, 0.1) is 13.2 Å². The second-order valence-corrected chi connectivity index (χ2v) is 9.04. The predicted molar refractivity (Wildman–Crippen MR) is 96.8 cm³/mol. The highest BCUT2D eigenvalue weighted by molar-refractivity contribution is 7.89. The Labute approximate surface area is 152 Å². The molecule has 0 aliphatic carbocycles. The van der Waals surface area contributed by atoms with Crippen molar-refractivity contribution in [2.75, 3.05) is 13.2 Å². The van der Waals surface area contributed by atoms with Crippen molar-refractivity contribution in [1.82, 2.24) is 4.72 Å². The molecule has 0 aliphatic rings. The van der Waals surface area contributed by atoms with Crippen molar-refractivity contribution in [3.8, 4) is 0 Å². The SMILES string of the molecule is CCOP(=O)(OCC)C(NS(=O)(=O)c1ccccc1F)c1ccccc1. The van der Waals surface area contributed by atoms with Gasteiger partial charge in [0.1, 0.15) is 16.5 Å². The molecule has 142 valence electrons. The molecule has 0 fully saturated rings. The van der Waals surface area contributed by atoms with Gasteiger partial charge in [-0.2, -0.15) is 4.72 Å². The number of nitrogens with one attached hydrogen (secondary N) is 1. The van der Waals surface area contributed by atoms with Crippen molar-refractivity contribution in [1.29, 1.82) is 0 Å². The molecule has 26 heavy (non-hydrogen) atoms. The van der Waals surface area contributed by atoms with E-state index in [1.807, 2.05) is 0 Å². The Morgan fingerprint density at radius 3 is 2.08 bits per heavy atom. The highest BCUT2D eigenvalue weighted by Gasteiger charge is 2.40. The van der Waals surface area contributed by atoms with Crippen LogP contribution in [0.25, 0.3) is 0 Å². The Bertz CT molecular complexity index is 866. The van der Waals surface area contributed by atoms with Crippen LogP contribution in [0.15, 0.2) is 59.5 Å². The largest absolute Gasteiger partial charge is 0.352 e. The van der Waals surface area contributed by atoms with Crippen LogP contribution in [-0.2, 0) is 23.6 Å². The van der Waals surface area contributed by atoms with Crippen LogP contribution in [0.2, 0.25) is 0 Å². The van der Waals surface area contributed by atoms with Gasteiger partial charge in [0, 0.05) is 0 Å². The van der Waals surface area contributed by atoms with Crippen LogP contribution in [0.5, 0.6) is 0 Å². The molecule has 0 aliphatic heterocycles. The first-order valence-electron chi connectivity index (χ1n) is 8.04. The molecular formula is C17H21FNO5PS. The lowest BCUT2D eigenvalue weighted by molar-refractivity contribution is 0.210. The van der Waals surface area contributed by atoms with Gasteiger partial charge in [0.15, 0.2) is 0 Å². The molecule has 1 N–H and O–H groups in total. The Morgan fingerprint density at radius 1 is 1.00 bits per heavy atom. The number of halogens is 1. The molecule has 0 spiro atoms. The first kappa shape index (κ1) is 20.7. The zero-order chi connectivity index (χ0) is 19.2. The zero-order valence-corrected chi connectivity index (χ0v) is 16.2. The van der Waals surface area contributed by atoms with Gasteiger partial charge in [0.2, 0.25) is 10.0 Å². The smallest absolute Gasteiger partial charge is 0.308 e. The third-order valence-corrected chi connectivity index (χ3v) is 7.37. The molecule has 2 aromatic rings. The monoisotopic (exact) mass is 401 g/mol. The summed E-state index contributed by atoms with van der Waals surface area (Å²) in [4.78, 5) is -0.541. The lowest BCUT2D eigenvalue weighted by Gasteiger charge is -2.27. The minimum atomic E-state index is -4.32. The van der Waals surface area contributed by atoms with E-state index in [4.69, 9.17) is 9.05 Å². The Balaban J connectivity index is 2.52. The summed E-state index contributed by atoms with van der Waals surface area (Å²) >= 11 is 0. The summed E-state index contributed by atoms with van der Waals surface area (Å²) in [6.07, 6.45) is 0. The second kappa shape index (κ2) is 8.88. The Morgan fingerprint density at radius 2 is 1.54 bits per heavy atom. The molecule has 0 aromatic heterocycles. The Kier molecular flexibility index (Phi) is 7.08. The molecule has 0 amide bonds. The lowest BCUT2D eigenvalue weighted by Crippen LogP contribution is -2.30. The van der Waals surface area contributed by atoms with E-state index in [2.05, 4.69) is 4.72 Å². The molecule has 2 aromatic carbocycles. The summed E-state index contributed by atoms with van der Waals surface area (Å²) in [6, 6.07) is 13.2. The summed E-state index contributed by atoms with van der Waals surface area (Å²) in [5.74, 6) is -2.22. The van der Waals surface area contributed by atoms with Crippen molar-refractivity contribution in [3.05, 3.63) is 66.0 Å². The normalized spacial score (nSPS) is 13.5. The highest BCUT2D eigenvalue weighted by Crippen LogP contribution is 2.59. The van der Waals surface area contributed by atoms with Crippen molar-refractivity contribution < 1.29 is 26.4 Å². The molecule has 0 heterocycles. The maximum atomic E-state index is 14.0. The van der Waals surface area contributed by atoms with E-state index in [0.717, 1.165) is 12.1 Å². The molecule has 6 nitrogen and oxygen atoms in total. The fraction of sp³-hybridized carbons (Fsp3) is 0.294. The number of rotatable bonds is 9. The number of hydrogen-bond donors (Lipinski definition) is 1. The van der Waals surface area contributed by atoms with E-state index in [9.17, 15) is 17.4 Å². The number of benzene rings is 2. The highest BCUT2D eigenvalue weighted by atomic mass is 32.2. The van der Waals surface area contributed by atoms with Crippen molar-refractivity contribution in [2.24, 2.45) is 0 Å². The van der Waals surface area contributed by atoms with Crippen LogP contribution in [0.4, 0.5) is 4.39 Å². The molecule has 0 bridgehead atoms.